The summed E-state index contributed by atoms with van der Waals surface area (Å²) in [5.41, 5.74) is -7.16. The summed E-state index contributed by atoms with van der Waals surface area (Å²) in [7, 11) is 5.21. The molecule has 464 valence electrons. The summed E-state index contributed by atoms with van der Waals surface area (Å²) in [6.07, 6.45) is -4.61. The maximum atomic E-state index is 14.7. The Morgan fingerprint density at radius 2 is 1.60 bits per heavy atom. The van der Waals surface area contributed by atoms with E-state index in [0.29, 0.717) is 25.7 Å². The van der Waals surface area contributed by atoms with Gasteiger partial charge in [-0.2, -0.15) is 0 Å². The van der Waals surface area contributed by atoms with Gasteiger partial charge in [0, 0.05) is 67.9 Å². The molecule has 3 saturated heterocycles. The second kappa shape index (κ2) is 25.1. The van der Waals surface area contributed by atoms with E-state index in [-0.39, 0.29) is 93.3 Å². The SMILES string of the molecule is CC[C@H]1OC(=O)[C@H](C)[C@@H](OC2C[C@](C)(OC)[C@H](O)C(C)O2)[C@H](C)[C@@H](OC2OC(C)C[C@@H](N(C)C)[C@H]2O)[C@](C)(O)C[C@@H](C)CN(CCCNC(=O)C(O)[C@@]2(O)CCC3C4CCC5=CC(=O)C=C[C@]5(C)C4[C@@H](O)C[C@@]32C)[C@H](C)[C@@H](O)[C@]1(C)O. The lowest BCUT2D eigenvalue weighted by atomic mass is 9.46. The molecule has 8 unspecified atom stereocenters. The van der Waals surface area contributed by atoms with Crippen molar-refractivity contribution in [2.45, 2.75) is 255 Å². The first-order valence-corrected chi connectivity index (χ1v) is 30.2. The van der Waals surface area contributed by atoms with Crippen LogP contribution in [0.2, 0.25) is 0 Å². The zero-order valence-electron chi connectivity index (χ0n) is 51.1. The quantitative estimate of drug-likeness (QED) is 0.0946. The highest BCUT2D eigenvalue weighted by molar-refractivity contribution is 6.01. The van der Waals surface area contributed by atoms with Gasteiger partial charge in [-0.15, -0.1) is 0 Å². The number of ketones is 1. The van der Waals surface area contributed by atoms with Gasteiger partial charge in [0.25, 0.3) is 5.91 Å². The van der Waals surface area contributed by atoms with Gasteiger partial charge in [-0.1, -0.05) is 46.3 Å². The first-order chi connectivity index (χ1) is 37.6. The van der Waals surface area contributed by atoms with Gasteiger partial charge in [-0.05, 0) is 150 Å². The molecule has 0 bridgehead atoms. The van der Waals surface area contributed by atoms with Crippen LogP contribution in [0.4, 0.5) is 0 Å². The van der Waals surface area contributed by atoms with E-state index in [9.17, 15) is 55.2 Å². The summed E-state index contributed by atoms with van der Waals surface area (Å²) < 4.78 is 38.2. The van der Waals surface area contributed by atoms with Crippen LogP contribution < -0.4 is 5.32 Å². The molecule has 26 atom stereocenters. The van der Waals surface area contributed by atoms with Gasteiger partial charge in [0.1, 0.15) is 35.6 Å². The molecule has 3 aliphatic heterocycles. The van der Waals surface area contributed by atoms with Crippen LogP contribution in [0.1, 0.15) is 147 Å². The van der Waals surface area contributed by atoms with E-state index in [1.807, 2.05) is 50.7 Å². The molecule has 4 aliphatic carbocycles. The van der Waals surface area contributed by atoms with Crippen molar-refractivity contribution in [3.63, 3.8) is 0 Å². The number of aliphatic hydroxyl groups is 8. The fourth-order valence-corrected chi connectivity index (χ4v) is 16.5. The van der Waals surface area contributed by atoms with Crippen LogP contribution in [0.15, 0.2) is 23.8 Å². The lowest BCUT2D eigenvalue weighted by molar-refractivity contribution is -0.318. The summed E-state index contributed by atoms with van der Waals surface area (Å²) >= 11 is 0. The lowest BCUT2D eigenvalue weighted by Gasteiger charge is -2.60. The highest BCUT2D eigenvalue weighted by atomic mass is 16.7. The number of amides is 1. The predicted molar refractivity (Wildman–Crippen MR) is 300 cm³/mol. The van der Waals surface area contributed by atoms with Crippen LogP contribution in [0.25, 0.3) is 0 Å². The third-order valence-corrected chi connectivity index (χ3v) is 21.4. The van der Waals surface area contributed by atoms with E-state index in [1.165, 1.54) is 14.0 Å². The number of hydrogen-bond donors (Lipinski definition) is 9. The number of methoxy groups -OCH3 is 1. The summed E-state index contributed by atoms with van der Waals surface area (Å²) in [5.74, 6) is -4.21. The number of allylic oxidation sites excluding steroid dienone is 4. The van der Waals surface area contributed by atoms with E-state index in [4.69, 9.17) is 28.4 Å². The monoisotopic (exact) mass is 1150 g/mol. The fraction of sp³-hybridized carbons (Fsp3) is 0.885. The molecule has 81 heavy (non-hydrogen) atoms. The number of hydrogen-bond acceptors (Lipinski definition) is 19. The van der Waals surface area contributed by atoms with Crippen LogP contribution in [-0.4, -0.2) is 217 Å². The Balaban J connectivity index is 1.13. The first kappa shape index (κ1) is 66.0. The maximum absolute atomic E-state index is 14.7. The van der Waals surface area contributed by atoms with Crippen molar-refractivity contribution in [2.24, 2.45) is 46.3 Å². The zero-order valence-corrected chi connectivity index (χ0v) is 51.1. The average molecular weight is 1150 g/mol. The maximum Gasteiger partial charge on any atom is 0.311 e. The van der Waals surface area contributed by atoms with Crippen LogP contribution in [0, 0.1) is 46.3 Å². The molecule has 0 aromatic carbocycles. The normalized spacial score (nSPS) is 48.9. The number of rotatable bonds is 13. The minimum Gasteiger partial charge on any atom is -0.459 e. The Morgan fingerprint density at radius 3 is 2.25 bits per heavy atom. The highest BCUT2D eigenvalue weighted by Crippen LogP contribution is 2.67. The number of nitrogens with one attached hydrogen (secondary N) is 1. The number of carbonyl (C=O) groups excluding carboxylic acids is 3. The van der Waals surface area contributed by atoms with Crippen molar-refractivity contribution in [1.29, 1.82) is 0 Å². The summed E-state index contributed by atoms with van der Waals surface area (Å²) in [5, 5.41) is 99.8. The standard InChI is InChI=1S/C61H103N3O17/c1-16-44-60(12,74)49(68)36(6)64(25-17-24-62-53(71)51(70)61(75)23-21-41-40-19-18-38-27-39(65)20-22-56(38,8)46(40)43(66)29-57(41,61)9)31-32(2)28-58(10,73)52(81-55-47(67)42(63(13)14)26-33(3)77-55)34(4)48(35(5)54(72)79-44)80-45-30-59(11,76-15)50(69)37(7)78-45/h20,22,27,32-37,40-52,55,66-70,73-75H,16-19,21,23-26,28-31H2,1-15H3,(H,62,71)/t32-,33?,34+,35-,36-,37?,40?,41?,42-,43+,44-,45?,46?,47-,48+,49-,50-,51?,52-,55?,56+,57+,58-,59+,60-,61+/m1/s1. The number of fused-ring (bicyclic) bond motifs is 5. The minimum atomic E-state index is -2.01. The van der Waals surface area contributed by atoms with E-state index >= 15 is 0 Å². The Morgan fingerprint density at radius 1 is 0.926 bits per heavy atom. The number of aliphatic hydroxyl groups excluding tert-OH is 5. The molecule has 7 rings (SSSR count). The largest absolute Gasteiger partial charge is 0.459 e. The molecule has 0 radical (unpaired) electrons. The average Bonchev–Trinajstić information content (AvgIpc) is 3.26. The van der Waals surface area contributed by atoms with Gasteiger partial charge in [-0.25, -0.2) is 0 Å². The lowest BCUT2D eigenvalue weighted by Crippen LogP contribution is -2.64. The Labute approximate surface area is 481 Å². The van der Waals surface area contributed by atoms with Crippen molar-refractivity contribution >= 4 is 17.7 Å². The number of esters is 1. The smallest absolute Gasteiger partial charge is 0.311 e. The molecule has 9 N–H and O–H groups in total. The van der Waals surface area contributed by atoms with Crippen molar-refractivity contribution in [3.8, 4) is 0 Å². The molecule has 20 heteroatoms. The molecule has 3 heterocycles. The topological polar surface area (TPSA) is 287 Å². The summed E-state index contributed by atoms with van der Waals surface area (Å²) in [6.45, 7) is 21.7. The molecular weight excluding hydrogens is 1050 g/mol. The van der Waals surface area contributed by atoms with E-state index < -0.39 is 131 Å². The van der Waals surface area contributed by atoms with E-state index in [2.05, 4.69) is 12.2 Å². The van der Waals surface area contributed by atoms with Gasteiger partial charge in [0.05, 0.1) is 47.6 Å². The van der Waals surface area contributed by atoms with Gasteiger partial charge in [0.15, 0.2) is 24.5 Å². The van der Waals surface area contributed by atoms with Crippen LogP contribution >= 0.6 is 0 Å². The zero-order chi connectivity index (χ0) is 60.3. The predicted octanol–water partition coefficient (Wildman–Crippen LogP) is 3.15. The summed E-state index contributed by atoms with van der Waals surface area (Å²) in [4.78, 5) is 45.0. The number of likely N-dealkylation sites (N-methyl/N-ethyl adjacent to an activating group) is 1. The third-order valence-electron chi connectivity index (χ3n) is 21.4. The van der Waals surface area contributed by atoms with Crippen LogP contribution in [0.5, 0.6) is 0 Å². The van der Waals surface area contributed by atoms with Crippen molar-refractivity contribution in [1.82, 2.24) is 15.1 Å². The van der Waals surface area contributed by atoms with Crippen molar-refractivity contribution in [3.05, 3.63) is 23.8 Å². The Bertz CT molecular complexity index is 2270. The second-order valence-electron chi connectivity index (χ2n) is 27.4. The van der Waals surface area contributed by atoms with Crippen molar-refractivity contribution < 1.29 is 83.7 Å². The number of cyclic esters (lactones) is 1. The van der Waals surface area contributed by atoms with Gasteiger partial charge >= 0.3 is 5.97 Å². The molecular formula is C61H103N3O17. The van der Waals surface area contributed by atoms with E-state index in [0.717, 1.165) is 12.0 Å². The molecule has 6 fully saturated rings. The second-order valence-corrected chi connectivity index (χ2v) is 27.4. The Hall–Kier alpha value is -2.51. The van der Waals surface area contributed by atoms with Crippen LogP contribution in [-0.2, 0) is 42.8 Å². The van der Waals surface area contributed by atoms with Crippen LogP contribution in [0.3, 0.4) is 0 Å². The first-order valence-electron chi connectivity index (χ1n) is 30.2. The molecule has 1 amide bonds. The number of carbonyl (C=O) groups is 3. The molecule has 0 spiro atoms. The van der Waals surface area contributed by atoms with Gasteiger partial charge < -0.3 is 79.5 Å². The highest BCUT2D eigenvalue weighted by Gasteiger charge is 2.69. The molecule has 0 aromatic rings. The van der Waals surface area contributed by atoms with E-state index in [1.54, 1.807) is 60.6 Å². The Kier molecular flexibility index (Phi) is 20.4. The van der Waals surface area contributed by atoms with Gasteiger partial charge in [0.2, 0.25) is 0 Å². The molecule has 20 nitrogen and oxygen atoms in total. The minimum absolute atomic E-state index is 0.00426. The summed E-state index contributed by atoms with van der Waals surface area (Å²) in [6, 6.07) is -1.16. The van der Waals surface area contributed by atoms with Crippen molar-refractivity contribution in [2.75, 3.05) is 40.8 Å². The number of nitrogens with zero attached hydrogens (tertiary/aromatic N) is 2. The van der Waals surface area contributed by atoms with Gasteiger partial charge in [-0.3, -0.25) is 19.3 Å². The molecule has 3 saturated carbocycles. The molecule has 7 aliphatic rings. The third kappa shape index (κ3) is 12.7. The number of ether oxygens (including phenoxy) is 6. The fourth-order valence-electron chi connectivity index (χ4n) is 16.5. The molecule has 0 aromatic heterocycles.